The molecule has 4 rings (SSSR count). The predicted octanol–water partition coefficient (Wildman–Crippen LogP) is 4.69. The minimum atomic E-state index is -0.637. The van der Waals surface area contributed by atoms with Crippen LogP contribution in [0.25, 0.3) is 11.0 Å². The third-order valence-corrected chi connectivity index (χ3v) is 6.19. The van der Waals surface area contributed by atoms with Crippen molar-refractivity contribution in [2.45, 2.75) is 45.1 Å². The molecule has 0 saturated heterocycles. The van der Waals surface area contributed by atoms with Crippen molar-refractivity contribution in [3.05, 3.63) is 69.6 Å². The fourth-order valence-electron chi connectivity index (χ4n) is 4.47. The van der Waals surface area contributed by atoms with E-state index in [9.17, 15) is 14.7 Å². The topological polar surface area (TPSA) is 89.2 Å². The molecule has 1 aliphatic heterocycles. The third kappa shape index (κ3) is 4.53. The van der Waals surface area contributed by atoms with Crippen LogP contribution in [-0.2, 0) is 0 Å². The number of hydrogen-bond donors (Lipinski definition) is 1. The van der Waals surface area contributed by atoms with Gasteiger partial charge >= 0.3 is 0 Å². The molecule has 0 saturated carbocycles. The van der Waals surface area contributed by atoms with Crippen LogP contribution in [-0.4, -0.2) is 42.8 Å². The molecule has 7 heteroatoms. The van der Waals surface area contributed by atoms with E-state index in [-0.39, 0.29) is 30.2 Å². The van der Waals surface area contributed by atoms with Gasteiger partial charge in [0.25, 0.3) is 5.91 Å². The third-order valence-electron chi connectivity index (χ3n) is 6.19. The van der Waals surface area contributed by atoms with E-state index in [1.807, 2.05) is 18.2 Å². The molecule has 0 aliphatic carbocycles. The molecular formula is C27H31NO6. The zero-order valence-electron chi connectivity index (χ0n) is 19.7. The van der Waals surface area contributed by atoms with E-state index in [1.54, 1.807) is 36.3 Å². The maximum Gasteiger partial charge on any atom is 0.290 e. The van der Waals surface area contributed by atoms with Crippen LogP contribution in [0.15, 0.2) is 51.7 Å². The molecule has 1 aliphatic rings. The maximum atomic E-state index is 13.5. The van der Waals surface area contributed by atoms with Gasteiger partial charge in [-0.3, -0.25) is 9.59 Å². The second kappa shape index (κ2) is 10.7. The SMILES string of the molecule is CCCCCCOc1ccc([C@@H]2c3c(oc4ccccc4c3=O)C(=O)N2CCCO)cc1OC. The largest absolute Gasteiger partial charge is 0.493 e. The van der Waals surface area contributed by atoms with Gasteiger partial charge in [-0.15, -0.1) is 0 Å². The number of amides is 1. The lowest BCUT2D eigenvalue weighted by Crippen LogP contribution is -2.31. The van der Waals surface area contributed by atoms with Crippen LogP contribution in [0.4, 0.5) is 0 Å². The van der Waals surface area contributed by atoms with Gasteiger partial charge in [-0.25, -0.2) is 0 Å². The summed E-state index contributed by atoms with van der Waals surface area (Å²) in [7, 11) is 1.57. The highest BCUT2D eigenvalue weighted by Crippen LogP contribution is 2.41. The van der Waals surface area contributed by atoms with Gasteiger partial charge in [0.15, 0.2) is 16.9 Å². The highest BCUT2D eigenvalue weighted by molar-refractivity contribution is 5.99. The molecule has 180 valence electrons. The summed E-state index contributed by atoms with van der Waals surface area (Å²) in [6.45, 7) is 2.99. The van der Waals surface area contributed by atoms with Crippen LogP contribution < -0.4 is 14.9 Å². The number of aliphatic hydroxyl groups is 1. The molecule has 0 unspecified atom stereocenters. The zero-order valence-corrected chi connectivity index (χ0v) is 19.7. The Balaban J connectivity index is 1.74. The number of rotatable bonds is 11. The van der Waals surface area contributed by atoms with Crippen LogP contribution in [0.1, 0.15) is 66.8 Å². The molecule has 2 aromatic carbocycles. The van der Waals surface area contributed by atoms with Gasteiger partial charge in [-0.05, 0) is 42.7 Å². The number of hydrogen-bond acceptors (Lipinski definition) is 6. The Morgan fingerprint density at radius 3 is 2.62 bits per heavy atom. The van der Waals surface area contributed by atoms with E-state index in [4.69, 9.17) is 13.9 Å². The number of benzene rings is 2. The van der Waals surface area contributed by atoms with E-state index in [0.29, 0.717) is 41.1 Å². The summed E-state index contributed by atoms with van der Waals surface area (Å²) >= 11 is 0. The second-order valence-corrected chi connectivity index (χ2v) is 8.47. The summed E-state index contributed by atoms with van der Waals surface area (Å²) < 4.78 is 17.4. The Morgan fingerprint density at radius 2 is 1.85 bits per heavy atom. The van der Waals surface area contributed by atoms with E-state index >= 15 is 0 Å². The van der Waals surface area contributed by atoms with Crippen LogP contribution in [0.3, 0.4) is 0 Å². The number of methoxy groups -OCH3 is 1. The van der Waals surface area contributed by atoms with Crippen LogP contribution in [0.2, 0.25) is 0 Å². The fraction of sp³-hybridized carbons (Fsp3) is 0.407. The molecule has 0 spiro atoms. The number of carbonyl (C=O) groups is 1. The Kier molecular flexibility index (Phi) is 7.53. The van der Waals surface area contributed by atoms with Crippen molar-refractivity contribution in [1.82, 2.24) is 4.90 Å². The van der Waals surface area contributed by atoms with Crippen LogP contribution in [0, 0.1) is 0 Å². The summed E-state index contributed by atoms with van der Waals surface area (Å²) in [4.78, 5) is 28.3. The fourth-order valence-corrected chi connectivity index (χ4v) is 4.47. The maximum absolute atomic E-state index is 13.5. The number of aliphatic hydroxyl groups excluding tert-OH is 1. The molecule has 1 aromatic heterocycles. The lowest BCUT2D eigenvalue weighted by atomic mass is 9.98. The molecule has 0 fully saturated rings. The minimum Gasteiger partial charge on any atom is -0.493 e. The number of carbonyl (C=O) groups excluding carboxylic acids is 1. The number of para-hydroxylation sites is 1. The average molecular weight is 466 g/mol. The standard InChI is InChI=1S/C27H31NO6/c1-3-4-5-8-16-33-21-13-12-18(17-22(21)32-2)24-23-25(30)19-10-6-7-11-20(19)34-26(23)27(31)28(24)14-9-15-29/h6-7,10-13,17,24,29H,3-5,8-9,14-16H2,1-2H3/t24-/m1/s1. The van der Waals surface area contributed by atoms with E-state index in [1.165, 1.54) is 6.42 Å². The predicted molar refractivity (Wildman–Crippen MR) is 130 cm³/mol. The summed E-state index contributed by atoms with van der Waals surface area (Å²) in [6.07, 6.45) is 4.80. The normalized spacial score (nSPS) is 15.1. The summed E-state index contributed by atoms with van der Waals surface area (Å²) in [5.41, 5.74) is 1.20. The van der Waals surface area contributed by atoms with Gasteiger partial charge in [-0.1, -0.05) is 44.4 Å². The molecule has 0 bridgehead atoms. The molecule has 3 aromatic rings. The second-order valence-electron chi connectivity index (χ2n) is 8.47. The monoisotopic (exact) mass is 465 g/mol. The quantitative estimate of drug-likeness (QED) is 0.413. The Bertz CT molecular complexity index is 1220. The summed E-state index contributed by atoms with van der Waals surface area (Å²) in [5.74, 6) is 0.870. The van der Waals surface area contributed by atoms with Gasteiger partial charge in [0, 0.05) is 13.2 Å². The van der Waals surface area contributed by atoms with Gasteiger partial charge in [0.2, 0.25) is 5.76 Å². The van der Waals surface area contributed by atoms with Crippen molar-refractivity contribution in [3.63, 3.8) is 0 Å². The Labute approximate surface area is 198 Å². The van der Waals surface area contributed by atoms with E-state index < -0.39 is 6.04 Å². The van der Waals surface area contributed by atoms with Crippen molar-refractivity contribution in [1.29, 1.82) is 0 Å². The lowest BCUT2D eigenvalue weighted by Gasteiger charge is -2.25. The first-order chi connectivity index (χ1) is 16.6. The first kappa shape index (κ1) is 23.8. The van der Waals surface area contributed by atoms with Crippen LogP contribution >= 0.6 is 0 Å². The van der Waals surface area contributed by atoms with Gasteiger partial charge in [0.1, 0.15) is 5.58 Å². The first-order valence-electron chi connectivity index (χ1n) is 11.9. The molecule has 0 radical (unpaired) electrons. The summed E-state index contributed by atoms with van der Waals surface area (Å²) in [5, 5.41) is 9.82. The van der Waals surface area contributed by atoms with E-state index in [0.717, 1.165) is 24.8 Å². The van der Waals surface area contributed by atoms with Crippen molar-refractivity contribution < 1.29 is 23.8 Å². The van der Waals surface area contributed by atoms with Crippen LogP contribution in [0.5, 0.6) is 11.5 Å². The van der Waals surface area contributed by atoms with Crippen molar-refractivity contribution >= 4 is 16.9 Å². The Morgan fingerprint density at radius 1 is 1.03 bits per heavy atom. The molecule has 1 amide bonds. The number of ether oxygens (including phenoxy) is 2. The lowest BCUT2D eigenvalue weighted by molar-refractivity contribution is 0.0716. The molecule has 7 nitrogen and oxygen atoms in total. The van der Waals surface area contributed by atoms with Gasteiger partial charge in [0.05, 0.1) is 30.7 Å². The number of nitrogens with zero attached hydrogens (tertiary/aromatic N) is 1. The molecule has 1 N–H and O–H groups in total. The molecular weight excluding hydrogens is 434 g/mol. The molecule has 1 atom stereocenters. The van der Waals surface area contributed by atoms with Gasteiger partial charge in [-0.2, -0.15) is 0 Å². The molecule has 2 heterocycles. The first-order valence-corrected chi connectivity index (χ1v) is 11.9. The smallest absolute Gasteiger partial charge is 0.290 e. The van der Waals surface area contributed by atoms with Crippen molar-refractivity contribution in [3.8, 4) is 11.5 Å². The van der Waals surface area contributed by atoms with E-state index in [2.05, 4.69) is 6.92 Å². The van der Waals surface area contributed by atoms with Crippen molar-refractivity contribution in [2.75, 3.05) is 26.9 Å². The average Bonchev–Trinajstić information content (AvgIpc) is 3.14. The number of unbranched alkanes of at least 4 members (excludes halogenated alkanes) is 3. The zero-order chi connectivity index (χ0) is 24.1. The minimum absolute atomic E-state index is 0.0573. The number of fused-ring (bicyclic) bond motifs is 2. The van der Waals surface area contributed by atoms with Crippen molar-refractivity contribution in [2.24, 2.45) is 0 Å². The highest BCUT2D eigenvalue weighted by atomic mass is 16.5. The summed E-state index contributed by atoms with van der Waals surface area (Å²) in [6, 6.07) is 11.8. The molecule has 34 heavy (non-hydrogen) atoms. The Hall–Kier alpha value is -3.32. The highest BCUT2D eigenvalue weighted by Gasteiger charge is 2.42. The van der Waals surface area contributed by atoms with Gasteiger partial charge < -0.3 is 23.9 Å².